The molecule has 3 nitrogen and oxygen atoms in total. The average Bonchev–Trinajstić information content (AvgIpc) is 2.85. The zero-order valence-electron chi connectivity index (χ0n) is 11.5. The second kappa shape index (κ2) is 6.57. The van der Waals surface area contributed by atoms with Crippen molar-refractivity contribution < 1.29 is 9.15 Å². The van der Waals surface area contributed by atoms with Crippen molar-refractivity contribution in [1.82, 2.24) is 0 Å². The molecule has 0 radical (unpaired) electrons. The van der Waals surface area contributed by atoms with Crippen molar-refractivity contribution >= 4 is 17.4 Å². The molecule has 0 amide bonds. The van der Waals surface area contributed by atoms with Gasteiger partial charge >= 0.3 is 0 Å². The number of ether oxygens (including phenoxy) is 1. The highest BCUT2D eigenvalue weighted by Gasteiger charge is 2.05. The van der Waals surface area contributed by atoms with Crippen molar-refractivity contribution in [2.45, 2.75) is 19.2 Å². The Morgan fingerprint density at radius 2 is 2.00 bits per heavy atom. The molecule has 0 saturated heterocycles. The van der Waals surface area contributed by atoms with Gasteiger partial charge in [-0.1, -0.05) is 6.07 Å². The van der Waals surface area contributed by atoms with Crippen LogP contribution in [0.4, 0.5) is 5.69 Å². The summed E-state index contributed by atoms with van der Waals surface area (Å²) in [6, 6.07) is 10.1. The van der Waals surface area contributed by atoms with Crippen molar-refractivity contribution in [1.29, 1.82) is 0 Å². The van der Waals surface area contributed by atoms with E-state index in [1.807, 2.05) is 31.2 Å². The minimum atomic E-state index is 0.661. The highest BCUT2D eigenvalue weighted by atomic mass is 32.2. The molecule has 1 N–H and O–H groups in total. The van der Waals surface area contributed by atoms with Gasteiger partial charge in [-0.25, -0.2) is 0 Å². The van der Waals surface area contributed by atoms with Gasteiger partial charge in [0.2, 0.25) is 0 Å². The van der Waals surface area contributed by atoms with E-state index in [1.165, 1.54) is 5.56 Å². The number of hydrogen-bond acceptors (Lipinski definition) is 4. The molecule has 4 heteroatoms. The van der Waals surface area contributed by atoms with Gasteiger partial charge in [-0.05, 0) is 43.0 Å². The molecule has 0 bridgehead atoms. The van der Waals surface area contributed by atoms with Crippen LogP contribution in [0, 0.1) is 6.92 Å². The maximum atomic E-state index is 5.72. The van der Waals surface area contributed by atoms with E-state index >= 15 is 0 Å². The second-order valence-electron chi connectivity index (χ2n) is 4.36. The minimum Gasteiger partial charge on any atom is -0.495 e. The molecule has 0 aliphatic carbocycles. The molecule has 0 aliphatic rings. The van der Waals surface area contributed by atoms with E-state index < -0.39 is 0 Å². The molecule has 0 spiro atoms. The van der Waals surface area contributed by atoms with Crippen molar-refractivity contribution in [3.63, 3.8) is 0 Å². The Hall–Kier alpha value is -1.55. The Morgan fingerprint density at radius 1 is 1.21 bits per heavy atom. The van der Waals surface area contributed by atoms with Crippen LogP contribution in [0.2, 0.25) is 0 Å². The molecule has 0 fully saturated rings. The zero-order chi connectivity index (χ0) is 13.7. The summed E-state index contributed by atoms with van der Waals surface area (Å²) < 4.78 is 11.1. The third kappa shape index (κ3) is 3.70. The van der Waals surface area contributed by atoms with Crippen LogP contribution in [0.5, 0.6) is 5.75 Å². The molecule has 2 aromatic rings. The van der Waals surface area contributed by atoms with E-state index in [1.54, 1.807) is 18.9 Å². The van der Waals surface area contributed by atoms with Crippen LogP contribution < -0.4 is 10.1 Å². The summed E-state index contributed by atoms with van der Waals surface area (Å²) in [5, 5.41) is 3.34. The first kappa shape index (κ1) is 13.9. The van der Waals surface area contributed by atoms with Crippen molar-refractivity contribution in [2.24, 2.45) is 0 Å². The van der Waals surface area contributed by atoms with Crippen LogP contribution in [0.15, 0.2) is 34.7 Å². The molecular formula is C15H19NO2S. The van der Waals surface area contributed by atoms with Gasteiger partial charge in [0.05, 0.1) is 25.1 Å². The number of nitrogens with one attached hydrogen (secondary N) is 1. The molecule has 2 rings (SSSR count). The molecule has 19 heavy (non-hydrogen) atoms. The summed E-state index contributed by atoms with van der Waals surface area (Å²) in [6.45, 7) is 2.71. The van der Waals surface area contributed by atoms with Crippen LogP contribution in [0.1, 0.15) is 17.1 Å². The number of hydrogen-bond donors (Lipinski definition) is 1. The van der Waals surface area contributed by atoms with Gasteiger partial charge in [0, 0.05) is 0 Å². The van der Waals surface area contributed by atoms with Gasteiger partial charge in [0.15, 0.2) is 0 Å². The maximum absolute atomic E-state index is 5.72. The van der Waals surface area contributed by atoms with E-state index in [0.717, 1.165) is 28.7 Å². The first-order valence-corrected chi connectivity index (χ1v) is 7.57. The topological polar surface area (TPSA) is 34.4 Å². The summed E-state index contributed by atoms with van der Waals surface area (Å²) in [6.07, 6.45) is 2.07. The Kier molecular flexibility index (Phi) is 4.80. The molecule has 1 heterocycles. The normalized spacial score (nSPS) is 10.5. The third-order valence-corrected chi connectivity index (χ3v) is 3.39. The van der Waals surface area contributed by atoms with Crippen LogP contribution in [0.3, 0.4) is 0 Å². The van der Waals surface area contributed by atoms with E-state index in [2.05, 4.69) is 17.6 Å². The molecule has 0 aliphatic heterocycles. The Labute approximate surface area is 118 Å². The lowest BCUT2D eigenvalue weighted by Crippen LogP contribution is -2.00. The Bertz CT molecular complexity index is 537. The van der Waals surface area contributed by atoms with Gasteiger partial charge in [0.1, 0.15) is 17.3 Å². The number of rotatable bonds is 6. The molecule has 1 aromatic heterocycles. The van der Waals surface area contributed by atoms with E-state index in [-0.39, 0.29) is 0 Å². The molecule has 1 aromatic carbocycles. The molecule has 0 unspecified atom stereocenters. The molecule has 0 saturated carbocycles. The lowest BCUT2D eigenvalue weighted by atomic mass is 10.2. The molecule has 0 atom stereocenters. The van der Waals surface area contributed by atoms with Crippen molar-refractivity contribution in [2.75, 3.05) is 18.7 Å². The summed E-state index contributed by atoms with van der Waals surface area (Å²) in [4.78, 5) is 0. The smallest absolute Gasteiger partial charge is 0.142 e. The number of aryl methyl sites for hydroxylation is 1. The van der Waals surface area contributed by atoms with E-state index in [4.69, 9.17) is 9.15 Å². The first-order chi connectivity index (χ1) is 9.22. The fourth-order valence-corrected chi connectivity index (χ4v) is 2.30. The van der Waals surface area contributed by atoms with E-state index in [0.29, 0.717) is 6.54 Å². The lowest BCUT2D eigenvalue weighted by Gasteiger charge is -2.10. The highest BCUT2D eigenvalue weighted by Crippen LogP contribution is 2.26. The van der Waals surface area contributed by atoms with Gasteiger partial charge in [0.25, 0.3) is 0 Å². The van der Waals surface area contributed by atoms with E-state index in [9.17, 15) is 0 Å². The van der Waals surface area contributed by atoms with Gasteiger partial charge in [-0.3, -0.25) is 0 Å². The van der Waals surface area contributed by atoms with Crippen LogP contribution >= 0.6 is 11.8 Å². The molecule has 102 valence electrons. The predicted molar refractivity (Wildman–Crippen MR) is 81.0 cm³/mol. The molecular weight excluding hydrogens is 258 g/mol. The largest absolute Gasteiger partial charge is 0.495 e. The number of thioether (sulfide) groups is 1. The Balaban J connectivity index is 2.01. The summed E-state index contributed by atoms with van der Waals surface area (Å²) >= 11 is 1.76. The number of benzene rings is 1. The Morgan fingerprint density at radius 3 is 2.74 bits per heavy atom. The second-order valence-corrected chi connectivity index (χ2v) is 5.22. The van der Waals surface area contributed by atoms with Crippen molar-refractivity contribution in [3.8, 4) is 5.75 Å². The highest BCUT2D eigenvalue weighted by molar-refractivity contribution is 7.97. The van der Waals surface area contributed by atoms with Crippen LogP contribution in [-0.2, 0) is 12.3 Å². The van der Waals surface area contributed by atoms with Gasteiger partial charge in [-0.2, -0.15) is 11.8 Å². The summed E-state index contributed by atoms with van der Waals surface area (Å²) in [5.41, 5.74) is 2.17. The first-order valence-electron chi connectivity index (χ1n) is 6.18. The number of anilines is 1. The van der Waals surface area contributed by atoms with Gasteiger partial charge < -0.3 is 14.5 Å². The monoisotopic (exact) mass is 277 g/mol. The predicted octanol–water partition coefficient (Wildman–Crippen LogP) is 4.07. The third-order valence-electron chi connectivity index (χ3n) is 2.81. The summed E-state index contributed by atoms with van der Waals surface area (Å²) in [7, 11) is 1.68. The zero-order valence-corrected chi connectivity index (χ0v) is 12.3. The quantitative estimate of drug-likeness (QED) is 0.863. The standard InChI is InChI=1S/C15H19NO2S/c1-11-4-7-14(15(8-11)17-2)16-9-12-5-6-13(18-12)10-19-3/h4-8,16H,9-10H2,1-3H3. The minimum absolute atomic E-state index is 0.661. The number of methoxy groups -OCH3 is 1. The number of furan rings is 1. The fourth-order valence-electron chi connectivity index (χ4n) is 1.86. The lowest BCUT2D eigenvalue weighted by molar-refractivity contribution is 0.415. The van der Waals surface area contributed by atoms with Crippen LogP contribution in [0.25, 0.3) is 0 Å². The van der Waals surface area contributed by atoms with Crippen molar-refractivity contribution in [3.05, 3.63) is 47.4 Å². The maximum Gasteiger partial charge on any atom is 0.142 e. The van der Waals surface area contributed by atoms with Crippen LogP contribution in [-0.4, -0.2) is 13.4 Å². The fraction of sp³-hybridized carbons (Fsp3) is 0.333. The average molecular weight is 277 g/mol. The summed E-state index contributed by atoms with van der Waals surface area (Å²) in [5.74, 6) is 3.72. The SMILES string of the molecule is COc1cc(C)ccc1NCc1ccc(CSC)o1. The van der Waals surface area contributed by atoms with Gasteiger partial charge in [-0.15, -0.1) is 0 Å².